The Balaban J connectivity index is 1.96. The van der Waals surface area contributed by atoms with Gasteiger partial charge in [-0.05, 0) is 33.6 Å². The molecule has 0 aromatic rings. The molecule has 1 saturated heterocycles. The lowest BCUT2D eigenvalue weighted by atomic mass is 10.1. The molecule has 1 heterocycles. The lowest BCUT2D eigenvalue weighted by Gasteiger charge is -2.24. The fourth-order valence-corrected chi connectivity index (χ4v) is 3.79. The van der Waals surface area contributed by atoms with Crippen LogP contribution >= 0.6 is 0 Å². The summed E-state index contributed by atoms with van der Waals surface area (Å²) in [5, 5.41) is 3.05. The van der Waals surface area contributed by atoms with Gasteiger partial charge in [0.05, 0.1) is 5.92 Å². The second-order valence-corrected chi connectivity index (χ2v) is 9.59. The molecule has 1 aliphatic rings. The van der Waals surface area contributed by atoms with Gasteiger partial charge in [0, 0.05) is 19.6 Å². The Kier molecular flexibility index (Phi) is 13.0. The molecule has 0 bridgehead atoms. The van der Waals surface area contributed by atoms with Crippen LogP contribution in [0.5, 0.6) is 0 Å². The number of hydrogen-bond donors (Lipinski definition) is 1. The van der Waals surface area contributed by atoms with Gasteiger partial charge >= 0.3 is 6.09 Å². The number of nitrogens with one attached hydrogen (secondary N) is 1. The number of nitrogens with zero attached hydrogens (tertiary/aromatic N) is 1. The third-order valence-corrected chi connectivity index (χ3v) is 5.54. The predicted molar refractivity (Wildman–Crippen MR) is 120 cm³/mol. The Labute approximate surface area is 179 Å². The number of unbranched alkanes of at least 4 members (excludes halogenated alkanes) is 11. The summed E-state index contributed by atoms with van der Waals surface area (Å²) in [6.45, 7) is 9.67. The number of rotatable bonds is 14. The molecule has 0 aliphatic carbocycles. The molecule has 29 heavy (non-hydrogen) atoms. The molecular formula is C24H46N2O3. The van der Waals surface area contributed by atoms with Gasteiger partial charge in [0.15, 0.2) is 0 Å². The maximum atomic E-state index is 12.3. The smallest absolute Gasteiger partial charge is 0.410 e. The summed E-state index contributed by atoms with van der Waals surface area (Å²) in [7, 11) is 0. The zero-order chi connectivity index (χ0) is 21.5. The minimum absolute atomic E-state index is 0.0825. The van der Waals surface area contributed by atoms with Crippen LogP contribution in [0.4, 0.5) is 4.79 Å². The molecule has 1 rings (SSSR count). The predicted octanol–water partition coefficient (Wildman–Crippen LogP) is 6.06. The van der Waals surface area contributed by atoms with Crippen LogP contribution in [0.1, 0.15) is 111 Å². The molecule has 0 spiro atoms. The molecule has 0 saturated carbocycles. The van der Waals surface area contributed by atoms with Crippen LogP contribution in [0.3, 0.4) is 0 Å². The van der Waals surface area contributed by atoms with Crippen molar-refractivity contribution >= 4 is 12.0 Å². The van der Waals surface area contributed by atoms with Crippen molar-refractivity contribution in [1.82, 2.24) is 10.2 Å². The van der Waals surface area contributed by atoms with E-state index in [1.807, 2.05) is 20.8 Å². The zero-order valence-electron chi connectivity index (χ0n) is 19.6. The first kappa shape index (κ1) is 25.8. The SMILES string of the molecule is CCCCCCCCCCCCCCNC(=O)[C@@H]1CCN(C(=O)OC(C)(C)C)C1. The third-order valence-electron chi connectivity index (χ3n) is 5.54. The normalized spacial score (nSPS) is 16.8. The van der Waals surface area contributed by atoms with Crippen molar-refractivity contribution in [3.8, 4) is 0 Å². The Hall–Kier alpha value is -1.26. The molecule has 5 nitrogen and oxygen atoms in total. The van der Waals surface area contributed by atoms with E-state index in [0.29, 0.717) is 13.1 Å². The van der Waals surface area contributed by atoms with Gasteiger partial charge in [0.2, 0.25) is 5.91 Å². The zero-order valence-corrected chi connectivity index (χ0v) is 19.6. The molecule has 1 N–H and O–H groups in total. The molecule has 0 aromatic carbocycles. The highest BCUT2D eigenvalue weighted by Gasteiger charge is 2.33. The van der Waals surface area contributed by atoms with Crippen molar-refractivity contribution in [2.45, 2.75) is 117 Å². The van der Waals surface area contributed by atoms with Gasteiger partial charge in [-0.1, -0.05) is 77.6 Å². The fraction of sp³-hybridized carbons (Fsp3) is 0.917. The molecular weight excluding hydrogens is 364 g/mol. The summed E-state index contributed by atoms with van der Waals surface area (Å²) in [4.78, 5) is 26.0. The lowest BCUT2D eigenvalue weighted by molar-refractivity contribution is -0.124. The molecule has 1 atom stereocenters. The quantitative estimate of drug-likeness (QED) is 0.354. The highest BCUT2D eigenvalue weighted by molar-refractivity contribution is 5.80. The van der Waals surface area contributed by atoms with Crippen molar-refractivity contribution < 1.29 is 14.3 Å². The fourth-order valence-electron chi connectivity index (χ4n) is 3.79. The van der Waals surface area contributed by atoms with Gasteiger partial charge < -0.3 is 15.0 Å². The molecule has 5 heteroatoms. The number of carbonyl (C=O) groups is 2. The van der Waals surface area contributed by atoms with Crippen LogP contribution < -0.4 is 5.32 Å². The van der Waals surface area contributed by atoms with E-state index < -0.39 is 5.60 Å². The van der Waals surface area contributed by atoms with Crippen LogP contribution in [-0.2, 0) is 9.53 Å². The summed E-state index contributed by atoms with van der Waals surface area (Å²) in [6.07, 6.45) is 16.3. The van der Waals surface area contributed by atoms with Crippen LogP contribution in [-0.4, -0.2) is 42.1 Å². The summed E-state index contributed by atoms with van der Waals surface area (Å²) in [5.74, 6) is -0.0148. The Morgan fingerprint density at radius 3 is 1.93 bits per heavy atom. The van der Waals surface area contributed by atoms with Crippen molar-refractivity contribution in [1.29, 1.82) is 0 Å². The summed E-state index contributed by atoms with van der Waals surface area (Å²) in [6, 6.07) is 0. The standard InChI is InChI=1S/C24H46N2O3/c1-5-6-7-8-9-10-11-12-13-14-15-16-18-25-22(27)21-17-19-26(20-21)23(28)29-24(2,3)4/h21H,5-20H2,1-4H3,(H,25,27)/t21-/m1/s1. The molecule has 0 aromatic heterocycles. The van der Waals surface area contributed by atoms with Crippen molar-refractivity contribution in [3.05, 3.63) is 0 Å². The summed E-state index contributed by atoms with van der Waals surface area (Å²) >= 11 is 0. The Morgan fingerprint density at radius 1 is 0.897 bits per heavy atom. The van der Waals surface area contributed by atoms with Gasteiger partial charge in [-0.3, -0.25) is 4.79 Å². The average molecular weight is 411 g/mol. The van der Waals surface area contributed by atoms with Crippen molar-refractivity contribution in [3.63, 3.8) is 0 Å². The van der Waals surface area contributed by atoms with E-state index in [-0.39, 0.29) is 17.9 Å². The summed E-state index contributed by atoms with van der Waals surface area (Å²) < 4.78 is 5.39. The van der Waals surface area contributed by atoms with Crippen LogP contribution in [0.15, 0.2) is 0 Å². The topological polar surface area (TPSA) is 58.6 Å². The van der Waals surface area contributed by atoms with E-state index in [1.54, 1.807) is 4.90 Å². The molecule has 0 unspecified atom stereocenters. The largest absolute Gasteiger partial charge is 0.444 e. The van der Waals surface area contributed by atoms with Crippen molar-refractivity contribution in [2.24, 2.45) is 5.92 Å². The number of carbonyl (C=O) groups excluding carboxylic acids is 2. The number of likely N-dealkylation sites (tertiary alicyclic amines) is 1. The third kappa shape index (κ3) is 12.8. The van der Waals surface area contributed by atoms with E-state index >= 15 is 0 Å². The van der Waals surface area contributed by atoms with E-state index in [1.165, 1.54) is 70.6 Å². The van der Waals surface area contributed by atoms with Crippen LogP contribution in [0.2, 0.25) is 0 Å². The molecule has 170 valence electrons. The van der Waals surface area contributed by atoms with Gasteiger partial charge in [0.1, 0.15) is 5.60 Å². The van der Waals surface area contributed by atoms with E-state index in [0.717, 1.165) is 19.4 Å². The van der Waals surface area contributed by atoms with Crippen molar-refractivity contribution in [2.75, 3.05) is 19.6 Å². The lowest BCUT2D eigenvalue weighted by Crippen LogP contribution is -2.37. The molecule has 0 radical (unpaired) electrons. The Bertz CT molecular complexity index is 460. The van der Waals surface area contributed by atoms with Gasteiger partial charge in [0.25, 0.3) is 0 Å². The molecule has 2 amide bonds. The Morgan fingerprint density at radius 2 is 1.41 bits per heavy atom. The molecule has 1 fully saturated rings. The van der Waals surface area contributed by atoms with E-state index in [4.69, 9.17) is 4.74 Å². The van der Waals surface area contributed by atoms with E-state index in [9.17, 15) is 9.59 Å². The van der Waals surface area contributed by atoms with Gasteiger partial charge in [-0.25, -0.2) is 4.79 Å². The maximum absolute atomic E-state index is 12.3. The number of hydrogen-bond acceptors (Lipinski definition) is 3. The minimum Gasteiger partial charge on any atom is -0.444 e. The van der Waals surface area contributed by atoms with Crippen LogP contribution in [0.25, 0.3) is 0 Å². The average Bonchev–Trinajstić information content (AvgIpc) is 3.14. The molecule has 1 aliphatic heterocycles. The maximum Gasteiger partial charge on any atom is 0.410 e. The second-order valence-electron chi connectivity index (χ2n) is 9.59. The first-order valence-corrected chi connectivity index (χ1v) is 12.1. The second kappa shape index (κ2) is 14.7. The summed E-state index contributed by atoms with van der Waals surface area (Å²) in [5.41, 5.74) is -0.494. The van der Waals surface area contributed by atoms with Gasteiger partial charge in [-0.2, -0.15) is 0 Å². The first-order chi connectivity index (χ1) is 13.8. The highest BCUT2D eigenvalue weighted by Crippen LogP contribution is 2.19. The monoisotopic (exact) mass is 410 g/mol. The number of amides is 2. The highest BCUT2D eigenvalue weighted by atomic mass is 16.6. The first-order valence-electron chi connectivity index (χ1n) is 12.1. The number of ether oxygens (including phenoxy) is 1. The van der Waals surface area contributed by atoms with Crippen LogP contribution in [0, 0.1) is 5.92 Å². The minimum atomic E-state index is -0.494. The van der Waals surface area contributed by atoms with Gasteiger partial charge in [-0.15, -0.1) is 0 Å². The van der Waals surface area contributed by atoms with E-state index in [2.05, 4.69) is 12.2 Å².